The zero-order chi connectivity index (χ0) is 14.9. The molecule has 2 aromatic rings. The van der Waals surface area contributed by atoms with Gasteiger partial charge in [-0.1, -0.05) is 20.8 Å². The summed E-state index contributed by atoms with van der Waals surface area (Å²) in [5.74, 6) is 0. The SMILES string of the molecule is CC(C)NC(c1nccs1)c1cn(C)nc1C(C)(C)C. The Hall–Kier alpha value is -1.20. The number of rotatable bonds is 4. The molecule has 2 rings (SSSR count). The molecule has 1 N–H and O–H groups in total. The summed E-state index contributed by atoms with van der Waals surface area (Å²) >= 11 is 1.69. The van der Waals surface area contributed by atoms with E-state index in [9.17, 15) is 0 Å². The van der Waals surface area contributed by atoms with Gasteiger partial charge in [-0.2, -0.15) is 5.10 Å². The molecule has 0 aliphatic heterocycles. The predicted octanol–water partition coefficient (Wildman–Crippen LogP) is 3.26. The molecule has 0 amide bonds. The maximum atomic E-state index is 4.67. The summed E-state index contributed by atoms with van der Waals surface area (Å²) in [7, 11) is 1.98. The van der Waals surface area contributed by atoms with E-state index in [4.69, 9.17) is 0 Å². The standard InChI is InChI=1S/C15H24N4S/c1-10(2)17-12(14-16-7-8-20-14)11-9-19(6)18-13(11)15(3,4)5/h7-10,12,17H,1-6H3. The van der Waals surface area contributed by atoms with Gasteiger partial charge in [0.15, 0.2) is 0 Å². The van der Waals surface area contributed by atoms with Crippen LogP contribution in [0.2, 0.25) is 0 Å². The summed E-state index contributed by atoms with van der Waals surface area (Å²) in [6.45, 7) is 10.9. The van der Waals surface area contributed by atoms with Crippen LogP contribution in [0, 0.1) is 0 Å². The minimum Gasteiger partial charge on any atom is -0.302 e. The van der Waals surface area contributed by atoms with Gasteiger partial charge in [0.2, 0.25) is 0 Å². The summed E-state index contributed by atoms with van der Waals surface area (Å²) < 4.78 is 1.90. The number of aromatic nitrogens is 3. The van der Waals surface area contributed by atoms with Crippen molar-refractivity contribution in [1.29, 1.82) is 0 Å². The summed E-state index contributed by atoms with van der Waals surface area (Å²) in [4.78, 5) is 4.50. The average Bonchev–Trinajstić information content (AvgIpc) is 2.93. The van der Waals surface area contributed by atoms with Gasteiger partial charge in [0.05, 0.1) is 11.7 Å². The van der Waals surface area contributed by atoms with Crippen LogP contribution < -0.4 is 5.32 Å². The molecule has 0 saturated heterocycles. The topological polar surface area (TPSA) is 42.7 Å². The molecule has 0 saturated carbocycles. The Kier molecular flexibility index (Phi) is 4.30. The second-order valence-electron chi connectivity index (χ2n) is 6.48. The number of hydrogen-bond donors (Lipinski definition) is 1. The molecular weight excluding hydrogens is 268 g/mol. The number of nitrogens with zero attached hydrogens (tertiary/aromatic N) is 3. The van der Waals surface area contributed by atoms with Crippen molar-refractivity contribution in [3.8, 4) is 0 Å². The van der Waals surface area contributed by atoms with E-state index in [1.54, 1.807) is 11.3 Å². The zero-order valence-corrected chi connectivity index (χ0v) is 14.0. The fraction of sp³-hybridized carbons (Fsp3) is 0.600. The molecule has 0 aliphatic rings. The highest BCUT2D eigenvalue weighted by Crippen LogP contribution is 2.32. The summed E-state index contributed by atoms with van der Waals surface area (Å²) in [5, 5.41) is 11.4. The number of hydrogen-bond acceptors (Lipinski definition) is 4. The molecule has 0 radical (unpaired) electrons. The first-order chi connectivity index (χ1) is 9.29. The minimum absolute atomic E-state index is 0.0186. The van der Waals surface area contributed by atoms with Crippen molar-refractivity contribution in [3.05, 3.63) is 34.0 Å². The van der Waals surface area contributed by atoms with Crippen molar-refractivity contribution < 1.29 is 0 Å². The summed E-state index contributed by atoms with van der Waals surface area (Å²) in [5.41, 5.74) is 2.38. The lowest BCUT2D eigenvalue weighted by atomic mass is 9.87. The molecule has 0 aromatic carbocycles. The smallest absolute Gasteiger partial charge is 0.114 e. The Labute approximate surface area is 125 Å². The van der Waals surface area contributed by atoms with Gasteiger partial charge in [0.1, 0.15) is 5.01 Å². The Bertz CT molecular complexity index is 549. The van der Waals surface area contributed by atoms with Crippen LogP contribution in [0.1, 0.15) is 56.9 Å². The highest BCUT2D eigenvalue weighted by Gasteiger charge is 2.28. The van der Waals surface area contributed by atoms with Gasteiger partial charge in [-0.15, -0.1) is 11.3 Å². The molecular formula is C15H24N4S. The number of thiazole rings is 1. The first-order valence-electron chi connectivity index (χ1n) is 6.98. The van der Waals surface area contributed by atoms with Crippen LogP contribution in [0.25, 0.3) is 0 Å². The number of nitrogens with one attached hydrogen (secondary N) is 1. The first-order valence-corrected chi connectivity index (χ1v) is 7.86. The maximum Gasteiger partial charge on any atom is 0.114 e. The van der Waals surface area contributed by atoms with E-state index in [1.165, 1.54) is 5.56 Å². The van der Waals surface area contributed by atoms with Crippen molar-refractivity contribution >= 4 is 11.3 Å². The van der Waals surface area contributed by atoms with Crippen LogP contribution in [0.15, 0.2) is 17.8 Å². The van der Waals surface area contributed by atoms with Gasteiger partial charge < -0.3 is 5.32 Å². The molecule has 0 spiro atoms. The predicted molar refractivity (Wildman–Crippen MR) is 84.1 cm³/mol. The van der Waals surface area contributed by atoms with E-state index in [0.29, 0.717) is 6.04 Å². The highest BCUT2D eigenvalue weighted by atomic mass is 32.1. The van der Waals surface area contributed by atoms with Crippen LogP contribution in [0.4, 0.5) is 0 Å². The Morgan fingerprint density at radius 2 is 2.00 bits per heavy atom. The molecule has 2 aromatic heterocycles. The van der Waals surface area contributed by atoms with Crippen molar-refractivity contribution in [1.82, 2.24) is 20.1 Å². The largest absolute Gasteiger partial charge is 0.302 e. The Morgan fingerprint density at radius 1 is 1.30 bits per heavy atom. The van der Waals surface area contributed by atoms with E-state index in [1.807, 2.05) is 23.3 Å². The Balaban J connectivity index is 2.49. The molecule has 110 valence electrons. The van der Waals surface area contributed by atoms with Gasteiger partial charge >= 0.3 is 0 Å². The molecule has 1 unspecified atom stereocenters. The fourth-order valence-corrected chi connectivity index (χ4v) is 3.02. The van der Waals surface area contributed by atoms with E-state index in [0.717, 1.165) is 10.7 Å². The third-order valence-electron chi connectivity index (χ3n) is 3.08. The van der Waals surface area contributed by atoms with Crippen molar-refractivity contribution in [2.75, 3.05) is 0 Å². The fourth-order valence-electron chi connectivity index (χ4n) is 2.31. The third-order valence-corrected chi connectivity index (χ3v) is 3.92. The van der Waals surface area contributed by atoms with Crippen molar-refractivity contribution in [2.45, 2.75) is 52.1 Å². The zero-order valence-electron chi connectivity index (χ0n) is 13.1. The Morgan fingerprint density at radius 3 is 2.50 bits per heavy atom. The lowest BCUT2D eigenvalue weighted by Gasteiger charge is -2.24. The minimum atomic E-state index is 0.0186. The summed E-state index contributed by atoms with van der Waals surface area (Å²) in [6, 6.07) is 0.495. The molecule has 0 aliphatic carbocycles. The normalized spacial score (nSPS) is 13.9. The average molecular weight is 292 g/mol. The monoisotopic (exact) mass is 292 g/mol. The highest BCUT2D eigenvalue weighted by molar-refractivity contribution is 7.09. The van der Waals surface area contributed by atoms with E-state index in [-0.39, 0.29) is 11.5 Å². The van der Waals surface area contributed by atoms with Gasteiger partial charge in [-0.25, -0.2) is 4.98 Å². The van der Waals surface area contributed by atoms with Crippen LogP contribution >= 0.6 is 11.3 Å². The van der Waals surface area contributed by atoms with E-state index >= 15 is 0 Å². The van der Waals surface area contributed by atoms with E-state index in [2.05, 4.69) is 56.2 Å². The molecule has 20 heavy (non-hydrogen) atoms. The van der Waals surface area contributed by atoms with Crippen LogP contribution in [-0.2, 0) is 12.5 Å². The molecule has 0 bridgehead atoms. The maximum absolute atomic E-state index is 4.67. The van der Waals surface area contributed by atoms with Crippen LogP contribution in [-0.4, -0.2) is 20.8 Å². The third kappa shape index (κ3) is 3.27. The van der Waals surface area contributed by atoms with Gasteiger partial charge in [0, 0.05) is 41.8 Å². The molecule has 1 atom stereocenters. The first kappa shape index (κ1) is 15.2. The quantitative estimate of drug-likeness (QED) is 0.940. The van der Waals surface area contributed by atoms with Crippen LogP contribution in [0.5, 0.6) is 0 Å². The van der Waals surface area contributed by atoms with Crippen LogP contribution in [0.3, 0.4) is 0 Å². The van der Waals surface area contributed by atoms with Crippen molar-refractivity contribution in [2.24, 2.45) is 7.05 Å². The van der Waals surface area contributed by atoms with Gasteiger partial charge in [-0.05, 0) is 13.8 Å². The van der Waals surface area contributed by atoms with Crippen molar-refractivity contribution in [3.63, 3.8) is 0 Å². The number of aryl methyl sites for hydroxylation is 1. The molecule has 2 heterocycles. The summed E-state index contributed by atoms with van der Waals surface area (Å²) in [6.07, 6.45) is 3.98. The van der Waals surface area contributed by atoms with E-state index < -0.39 is 0 Å². The molecule has 0 fully saturated rings. The lowest BCUT2D eigenvalue weighted by molar-refractivity contribution is 0.502. The second-order valence-corrected chi connectivity index (χ2v) is 7.41. The van der Waals surface area contributed by atoms with Gasteiger partial charge in [0.25, 0.3) is 0 Å². The molecule has 5 heteroatoms. The lowest BCUT2D eigenvalue weighted by Crippen LogP contribution is -2.30. The van der Waals surface area contributed by atoms with Gasteiger partial charge in [-0.3, -0.25) is 4.68 Å². The second kappa shape index (κ2) is 5.66. The molecule has 4 nitrogen and oxygen atoms in total.